The maximum absolute atomic E-state index is 11.8. The van der Waals surface area contributed by atoms with Crippen LogP contribution in [-0.4, -0.2) is 38.7 Å². The molecule has 1 unspecified atom stereocenters. The van der Waals surface area contributed by atoms with E-state index in [1.165, 1.54) is 7.11 Å². The lowest BCUT2D eigenvalue weighted by Gasteiger charge is -2.16. The van der Waals surface area contributed by atoms with Crippen molar-refractivity contribution < 1.29 is 19.1 Å². The van der Waals surface area contributed by atoms with Crippen molar-refractivity contribution in [2.75, 3.05) is 26.8 Å². The van der Waals surface area contributed by atoms with Crippen LogP contribution in [0, 0.1) is 5.92 Å². The normalized spacial score (nSPS) is 11.6. The van der Waals surface area contributed by atoms with E-state index in [-0.39, 0.29) is 31.4 Å². The van der Waals surface area contributed by atoms with Gasteiger partial charge < -0.3 is 20.5 Å². The topological polar surface area (TPSA) is 90.6 Å². The second-order valence-electron chi connectivity index (χ2n) is 4.84. The summed E-state index contributed by atoms with van der Waals surface area (Å²) in [7, 11) is 1.34. The first-order valence-corrected chi connectivity index (χ1v) is 7.37. The number of hydrogen-bond acceptors (Lipinski definition) is 5. The van der Waals surface area contributed by atoms with Gasteiger partial charge in [-0.05, 0) is 31.0 Å². The largest absolute Gasteiger partial charge is 0.494 e. The molecule has 0 bridgehead atoms. The molecular formula is C16H24N2O4. The maximum Gasteiger partial charge on any atom is 0.310 e. The molecule has 0 aliphatic rings. The highest BCUT2D eigenvalue weighted by Crippen LogP contribution is 2.15. The summed E-state index contributed by atoms with van der Waals surface area (Å²) in [6.07, 6.45) is 0.735. The smallest absolute Gasteiger partial charge is 0.310 e. The standard InChI is InChI=1S/C16H24N2O4/c1-3-22-14-6-4-12(5-7-14)10-13(16(20)21-2)11-18-15(19)8-9-17/h4-7,13H,3,8-11,17H2,1-2H3,(H,18,19). The molecule has 0 aromatic heterocycles. The van der Waals surface area contributed by atoms with Crippen LogP contribution in [0.1, 0.15) is 18.9 Å². The van der Waals surface area contributed by atoms with Crippen LogP contribution in [0.5, 0.6) is 5.75 Å². The minimum absolute atomic E-state index is 0.164. The highest BCUT2D eigenvalue weighted by Gasteiger charge is 2.20. The number of carbonyl (C=O) groups is 2. The molecule has 122 valence electrons. The van der Waals surface area contributed by atoms with Gasteiger partial charge in [-0.1, -0.05) is 12.1 Å². The molecule has 0 heterocycles. The van der Waals surface area contributed by atoms with Gasteiger partial charge >= 0.3 is 5.97 Å². The molecule has 0 saturated heterocycles. The lowest BCUT2D eigenvalue weighted by Crippen LogP contribution is -2.35. The Kier molecular flexibility index (Phi) is 7.99. The third-order valence-corrected chi connectivity index (χ3v) is 3.17. The fourth-order valence-electron chi connectivity index (χ4n) is 2.03. The van der Waals surface area contributed by atoms with Crippen molar-refractivity contribution in [3.05, 3.63) is 29.8 Å². The molecule has 1 atom stereocenters. The van der Waals surface area contributed by atoms with E-state index in [9.17, 15) is 9.59 Å². The molecule has 0 saturated carbocycles. The highest BCUT2D eigenvalue weighted by atomic mass is 16.5. The summed E-state index contributed by atoms with van der Waals surface area (Å²) in [5, 5.41) is 2.71. The molecule has 3 N–H and O–H groups in total. The molecular weight excluding hydrogens is 284 g/mol. The van der Waals surface area contributed by atoms with Crippen LogP contribution >= 0.6 is 0 Å². The van der Waals surface area contributed by atoms with E-state index in [4.69, 9.17) is 15.2 Å². The van der Waals surface area contributed by atoms with Gasteiger partial charge in [-0.3, -0.25) is 9.59 Å². The lowest BCUT2D eigenvalue weighted by molar-refractivity contribution is -0.145. The minimum atomic E-state index is -0.426. The summed E-state index contributed by atoms with van der Waals surface area (Å²) in [6.45, 7) is 3.05. The van der Waals surface area contributed by atoms with Crippen LogP contribution in [0.4, 0.5) is 0 Å². The number of hydrogen-bond donors (Lipinski definition) is 2. The van der Waals surface area contributed by atoms with Crippen LogP contribution in [0.25, 0.3) is 0 Å². The zero-order valence-corrected chi connectivity index (χ0v) is 13.1. The second kappa shape index (κ2) is 9.78. The van der Waals surface area contributed by atoms with E-state index in [2.05, 4.69) is 5.32 Å². The van der Waals surface area contributed by atoms with Crippen molar-refractivity contribution in [3.63, 3.8) is 0 Å². The quantitative estimate of drug-likeness (QED) is 0.661. The van der Waals surface area contributed by atoms with E-state index in [0.717, 1.165) is 11.3 Å². The van der Waals surface area contributed by atoms with E-state index in [1.54, 1.807) is 0 Å². The van der Waals surface area contributed by atoms with Crippen LogP contribution in [0.3, 0.4) is 0 Å². The SMILES string of the molecule is CCOc1ccc(CC(CNC(=O)CCN)C(=O)OC)cc1. The third kappa shape index (κ3) is 6.13. The summed E-state index contributed by atoms with van der Waals surface area (Å²) in [6, 6.07) is 7.53. The molecule has 22 heavy (non-hydrogen) atoms. The van der Waals surface area contributed by atoms with Crippen LogP contribution in [-0.2, 0) is 20.7 Å². The molecule has 1 rings (SSSR count). The van der Waals surface area contributed by atoms with E-state index < -0.39 is 5.92 Å². The van der Waals surface area contributed by atoms with Gasteiger partial charge in [-0.25, -0.2) is 0 Å². The van der Waals surface area contributed by atoms with Crippen molar-refractivity contribution >= 4 is 11.9 Å². The number of ether oxygens (including phenoxy) is 2. The van der Waals surface area contributed by atoms with Gasteiger partial charge in [0, 0.05) is 19.5 Å². The third-order valence-electron chi connectivity index (χ3n) is 3.17. The monoisotopic (exact) mass is 308 g/mol. The number of methoxy groups -OCH3 is 1. The Hall–Kier alpha value is -2.08. The average Bonchev–Trinajstić information content (AvgIpc) is 2.53. The molecule has 0 spiro atoms. The molecule has 0 radical (unpaired) electrons. The number of nitrogens with two attached hydrogens (primary N) is 1. The predicted octanol–water partition coefficient (Wildman–Crippen LogP) is 0.882. The predicted molar refractivity (Wildman–Crippen MR) is 83.5 cm³/mol. The molecule has 0 aliphatic heterocycles. The number of nitrogens with one attached hydrogen (secondary N) is 1. The summed E-state index contributed by atoms with van der Waals surface area (Å²) in [5.41, 5.74) is 6.30. The van der Waals surface area contributed by atoms with Gasteiger partial charge in [0.15, 0.2) is 0 Å². The fraction of sp³-hybridized carbons (Fsp3) is 0.500. The second-order valence-corrected chi connectivity index (χ2v) is 4.84. The van der Waals surface area contributed by atoms with Crippen molar-refractivity contribution in [3.8, 4) is 5.75 Å². The lowest BCUT2D eigenvalue weighted by atomic mass is 9.99. The Morgan fingerprint density at radius 2 is 1.95 bits per heavy atom. The van der Waals surface area contributed by atoms with E-state index in [1.807, 2.05) is 31.2 Å². The number of rotatable bonds is 9. The van der Waals surface area contributed by atoms with Gasteiger partial charge in [0.25, 0.3) is 0 Å². The Morgan fingerprint density at radius 1 is 1.27 bits per heavy atom. The summed E-state index contributed by atoms with van der Waals surface area (Å²) in [5.74, 6) is -0.146. The van der Waals surface area contributed by atoms with E-state index in [0.29, 0.717) is 13.0 Å². The zero-order chi connectivity index (χ0) is 16.4. The van der Waals surface area contributed by atoms with Gasteiger partial charge in [-0.15, -0.1) is 0 Å². The number of esters is 1. The van der Waals surface area contributed by atoms with Crippen LogP contribution < -0.4 is 15.8 Å². The Labute approximate surface area is 131 Å². The number of amides is 1. The van der Waals surface area contributed by atoms with Crippen molar-refractivity contribution in [2.24, 2.45) is 11.7 Å². The maximum atomic E-state index is 11.8. The summed E-state index contributed by atoms with van der Waals surface area (Å²) >= 11 is 0. The zero-order valence-electron chi connectivity index (χ0n) is 13.1. The van der Waals surface area contributed by atoms with Gasteiger partial charge in [0.05, 0.1) is 19.6 Å². The number of benzene rings is 1. The molecule has 1 aromatic carbocycles. The Morgan fingerprint density at radius 3 is 2.50 bits per heavy atom. The highest BCUT2D eigenvalue weighted by molar-refractivity contribution is 5.78. The van der Waals surface area contributed by atoms with Gasteiger partial charge in [0.2, 0.25) is 5.91 Å². The average molecular weight is 308 g/mol. The molecule has 1 amide bonds. The van der Waals surface area contributed by atoms with E-state index >= 15 is 0 Å². The summed E-state index contributed by atoms with van der Waals surface area (Å²) in [4.78, 5) is 23.3. The first kappa shape index (κ1) is 18.0. The molecule has 0 aliphatic carbocycles. The Bertz CT molecular complexity index is 474. The first-order valence-electron chi connectivity index (χ1n) is 7.37. The minimum Gasteiger partial charge on any atom is -0.494 e. The number of carbonyl (C=O) groups excluding carboxylic acids is 2. The molecule has 0 fully saturated rings. The van der Waals surface area contributed by atoms with Crippen LogP contribution in [0.2, 0.25) is 0 Å². The molecule has 6 nitrogen and oxygen atoms in total. The Balaban J connectivity index is 2.64. The van der Waals surface area contributed by atoms with Crippen molar-refractivity contribution in [2.45, 2.75) is 19.8 Å². The molecule has 1 aromatic rings. The van der Waals surface area contributed by atoms with Gasteiger partial charge in [-0.2, -0.15) is 0 Å². The van der Waals surface area contributed by atoms with Crippen molar-refractivity contribution in [1.82, 2.24) is 5.32 Å². The van der Waals surface area contributed by atoms with Crippen molar-refractivity contribution in [1.29, 1.82) is 0 Å². The summed E-state index contributed by atoms with van der Waals surface area (Å²) < 4.78 is 10.2. The first-order chi connectivity index (χ1) is 10.6. The molecule has 6 heteroatoms. The van der Waals surface area contributed by atoms with Crippen LogP contribution in [0.15, 0.2) is 24.3 Å². The van der Waals surface area contributed by atoms with Gasteiger partial charge in [0.1, 0.15) is 5.75 Å². The fourth-order valence-corrected chi connectivity index (χ4v) is 2.03.